The molecule has 0 radical (unpaired) electrons. The molecule has 1 N–H and O–H groups in total. The molecule has 0 atom stereocenters. The summed E-state index contributed by atoms with van der Waals surface area (Å²) in [4.78, 5) is 14.3. The second-order valence-corrected chi connectivity index (χ2v) is 7.50. The Labute approximate surface area is 160 Å². The van der Waals surface area contributed by atoms with Crippen molar-refractivity contribution in [3.63, 3.8) is 0 Å². The fourth-order valence-corrected chi connectivity index (χ4v) is 4.10. The number of benzene rings is 2. The van der Waals surface area contributed by atoms with Crippen LogP contribution in [-0.2, 0) is 6.54 Å². The van der Waals surface area contributed by atoms with Gasteiger partial charge < -0.3 is 5.32 Å². The number of nitrogens with one attached hydrogen (secondary N) is 1. The Hall–Kier alpha value is -2.99. The highest BCUT2D eigenvalue weighted by atomic mass is 32.1. The number of hydrogen-bond donors (Lipinski definition) is 1. The Balaban J connectivity index is 1.63. The van der Waals surface area contributed by atoms with Crippen LogP contribution in [0, 0.1) is 19.7 Å². The van der Waals surface area contributed by atoms with Crippen molar-refractivity contribution >= 4 is 33.1 Å². The summed E-state index contributed by atoms with van der Waals surface area (Å²) < 4.78 is 15.2. The molecule has 0 aliphatic rings. The number of amides is 1. The monoisotopic (exact) mass is 379 g/mol. The standard InChI is InChI=1S/C21H18FN3OS/c1-13-10-16(22)8-9-18(13)23-20(26)19-11-17-14(2)24-25(21(17)27-19)12-15-6-4-3-5-7-15/h3-11H,12H2,1-2H3,(H,23,26). The zero-order valence-corrected chi connectivity index (χ0v) is 15.8. The van der Waals surface area contributed by atoms with Crippen LogP contribution >= 0.6 is 11.3 Å². The van der Waals surface area contributed by atoms with Crippen LogP contribution in [0.2, 0.25) is 0 Å². The van der Waals surface area contributed by atoms with E-state index in [1.54, 1.807) is 13.0 Å². The lowest BCUT2D eigenvalue weighted by Gasteiger charge is -2.07. The van der Waals surface area contributed by atoms with Crippen LogP contribution in [0.5, 0.6) is 0 Å². The molecular formula is C21H18FN3OS. The zero-order chi connectivity index (χ0) is 19.0. The fourth-order valence-electron chi connectivity index (χ4n) is 3.04. The Bertz CT molecular complexity index is 1130. The summed E-state index contributed by atoms with van der Waals surface area (Å²) in [6, 6.07) is 16.3. The summed E-state index contributed by atoms with van der Waals surface area (Å²) in [5.74, 6) is -0.513. The van der Waals surface area contributed by atoms with Crippen molar-refractivity contribution in [1.29, 1.82) is 0 Å². The van der Waals surface area contributed by atoms with Gasteiger partial charge >= 0.3 is 0 Å². The molecule has 0 bridgehead atoms. The highest BCUT2D eigenvalue weighted by molar-refractivity contribution is 7.20. The number of carbonyl (C=O) groups excluding carboxylic acids is 1. The van der Waals surface area contributed by atoms with Gasteiger partial charge in [-0.2, -0.15) is 5.10 Å². The first-order valence-corrected chi connectivity index (χ1v) is 9.41. The molecule has 4 rings (SSSR count). The summed E-state index contributed by atoms with van der Waals surface area (Å²) in [6.45, 7) is 4.37. The quantitative estimate of drug-likeness (QED) is 0.533. The van der Waals surface area contributed by atoms with Gasteiger partial charge in [-0.3, -0.25) is 9.48 Å². The highest BCUT2D eigenvalue weighted by Crippen LogP contribution is 2.29. The predicted molar refractivity (Wildman–Crippen MR) is 107 cm³/mol. The van der Waals surface area contributed by atoms with Crippen molar-refractivity contribution in [3.8, 4) is 0 Å². The van der Waals surface area contributed by atoms with Gasteiger partial charge in [0.15, 0.2) is 0 Å². The second-order valence-electron chi connectivity index (χ2n) is 6.47. The van der Waals surface area contributed by atoms with Gasteiger partial charge in [-0.25, -0.2) is 4.39 Å². The van der Waals surface area contributed by atoms with Crippen molar-refractivity contribution in [3.05, 3.63) is 82.1 Å². The molecule has 0 saturated heterocycles. The van der Waals surface area contributed by atoms with Gasteiger partial charge in [0.1, 0.15) is 10.6 Å². The van der Waals surface area contributed by atoms with E-state index >= 15 is 0 Å². The summed E-state index contributed by atoms with van der Waals surface area (Å²) in [5, 5.41) is 8.46. The summed E-state index contributed by atoms with van der Waals surface area (Å²) >= 11 is 1.41. The molecule has 2 heterocycles. The minimum atomic E-state index is -0.316. The van der Waals surface area contributed by atoms with Crippen molar-refractivity contribution < 1.29 is 9.18 Å². The van der Waals surface area contributed by atoms with Crippen molar-refractivity contribution in [2.75, 3.05) is 5.32 Å². The van der Waals surface area contributed by atoms with Gasteiger partial charge in [0.2, 0.25) is 0 Å². The molecular weight excluding hydrogens is 361 g/mol. The van der Waals surface area contributed by atoms with E-state index in [1.165, 1.54) is 23.5 Å². The Morgan fingerprint density at radius 2 is 1.93 bits per heavy atom. The molecule has 0 aliphatic heterocycles. The second kappa shape index (κ2) is 6.96. The Morgan fingerprint density at radius 3 is 2.67 bits per heavy atom. The maximum Gasteiger partial charge on any atom is 0.265 e. The topological polar surface area (TPSA) is 46.9 Å². The molecule has 2 aromatic carbocycles. The zero-order valence-electron chi connectivity index (χ0n) is 15.0. The van der Waals surface area contributed by atoms with Crippen LogP contribution in [0.3, 0.4) is 0 Å². The predicted octanol–water partition coefficient (Wildman–Crippen LogP) is 5.15. The molecule has 0 aliphatic carbocycles. The molecule has 4 aromatic rings. The third-order valence-electron chi connectivity index (χ3n) is 4.44. The van der Waals surface area contributed by atoms with Crippen LogP contribution in [0.1, 0.15) is 26.5 Å². The molecule has 27 heavy (non-hydrogen) atoms. The average Bonchev–Trinajstić information content (AvgIpc) is 3.20. The number of rotatable bonds is 4. The number of carbonyl (C=O) groups is 1. The van der Waals surface area contributed by atoms with Crippen molar-refractivity contribution in [2.45, 2.75) is 20.4 Å². The summed E-state index contributed by atoms with van der Waals surface area (Å²) in [7, 11) is 0. The highest BCUT2D eigenvalue weighted by Gasteiger charge is 2.17. The number of halogens is 1. The number of fused-ring (bicyclic) bond motifs is 1. The summed E-state index contributed by atoms with van der Waals surface area (Å²) in [6.07, 6.45) is 0. The number of aryl methyl sites for hydroxylation is 2. The lowest BCUT2D eigenvalue weighted by molar-refractivity contribution is 0.103. The van der Waals surface area contributed by atoms with E-state index in [-0.39, 0.29) is 11.7 Å². The minimum absolute atomic E-state index is 0.198. The van der Waals surface area contributed by atoms with E-state index in [9.17, 15) is 9.18 Å². The molecule has 4 nitrogen and oxygen atoms in total. The van der Waals surface area contributed by atoms with E-state index in [2.05, 4.69) is 22.5 Å². The lowest BCUT2D eigenvalue weighted by Crippen LogP contribution is -2.11. The average molecular weight is 379 g/mol. The van der Waals surface area contributed by atoms with E-state index in [0.717, 1.165) is 21.5 Å². The van der Waals surface area contributed by atoms with Crippen LogP contribution in [-0.4, -0.2) is 15.7 Å². The third-order valence-corrected chi connectivity index (χ3v) is 5.59. The van der Waals surface area contributed by atoms with E-state index in [1.807, 2.05) is 35.9 Å². The maximum atomic E-state index is 13.3. The van der Waals surface area contributed by atoms with E-state index in [0.29, 0.717) is 22.7 Å². The first kappa shape index (κ1) is 17.4. The molecule has 2 aromatic heterocycles. The van der Waals surface area contributed by atoms with Crippen molar-refractivity contribution in [1.82, 2.24) is 9.78 Å². The molecule has 0 saturated carbocycles. The van der Waals surface area contributed by atoms with Crippen LogP contribution < -0.4 is 5.32 Å². The third kappa shape index (κ3) is 3.48. The van der Waals surface area contributed by atoms with E-state index in [4.69, 9.17) is 0 Å². The largest absolute Gasteiger partial charge is 0.321 e. The van der Waals surface area contributed by atoms with Crippen LogP contribution in [0.15, 0.2) is 54.6 Å². The van der Waals surface area contributed by atoms with Gasteiger partial charge in [-0.1, -0.05) is 30.3 Å². The van der Waals surface area contributed by atoms with Crippen LogP contribution in [0.4, 0.5) is 10.1 Å². The Kier molecular flexibility index (Phi) is 4.49. The molecule has 6 heteroatoms. The molecule has 0 unspecified atom stereocenters. The first-order chi connectivity index (χ1) is 13.0. The minimum Gasteiger partial charge on any atom is -0.321 e. The molecule has 136 valence electrons. The first-order valence-electron chi connectivity index (χ1n) is 8.59. The van der Waals surface area contributed by atoms with Gasteiger partial charge in [0.25, 0.3) is 5.91 Å². The molecule has 1 amide bonds. The normalized spacial score (nSPS) is 11.1. The van der Waals surface area contributed by atoms with Gasteiger partial charge in [-0.15, -0.1) is 11.3 Å². The Morgan fingerprint density at radius 1 is 1.15 bits per heavy atom. The molecule has 0 spiro atoms. The lowest BCUT2D eigenvalue weighted by atomic mass is 10.2. The number of nitrogens with zero attached hydrogens (tertiary/aromatic N) is 2. The van der Waals surface area contributed by atoms with Crippen molar-refractivity contribution in [2.24, 2.45) is 0 Å². The number of anilines is 1. The van der Waals surface area contributed by atoms with Crippen LogP contribution in [0.25, 0.3) is 10.2 Å². The van der Waals surface area contributed by atoms with Gasteiger partial charge in [0, 0.05) is 11.1 Å². The fraction of sp³-hybridized carbons (Fsp3) is 0.143. The smallest absolute Gasteiger partial charge is 0.265 e. The maximum absolute atomic E-state index is 13.3. The SMILES string of the molecule is Cc1cc(F)ccc1NC(=O)c1cc2c(C)nn(Cc3ccccc3)c2s1. The number of thiophene rings is 1. The van der Waals surface area contributed by atoms with E-state index < -0.39 is 0 Å². The number of aromatic nitrogens is 2. The molecule has 0 fully saturated rings. The van der Waals surface area contributed by atoms with Gasteiger partial charge in [-0.05, 0) is 49.2 Å². The summed E-state index contributed by atoms with van der Waals surface area (Å²) in [5.41, 5.74) is 3.36. The van der Waals surface area contributed by atoms with Gasteiger partial charge in [0.05, 0.1) is 17.1 Å². The number of hydrogen-bond acceptors (Lipinski definition) is 3.